The maximum absolute atomic E-state index is 13.1. The Morgan fingerprint density at radius 1 is 1.31 bits per heavy atom. The summed E-state index contributed by atoms with van der Waals surface area (Å²) in [6, 6.07) is 0. The van der Waals surface area contributed by atoms with Gasteiger partial charge in [-0.15, -0.1) is 0 Å². The van der Waals surface area contributed by atoms with E-state index in [0.29, 0.717) is 5.41 Å². The number of halogens is 1. The van der Waals surface area contributed by atoms with E-state index in [4.69, 9.17) is 0 Å². The molecule has 0 aromatic rings. The van der Waals surface area contributed by atoms with Crippen LogP contribution in [0.15, 0.2) is 0 Å². The van der Waals surface area contributed by atoms with Gasteiger partial charge >= 0.3 is 0 Å². The summed E-state index contributed by atoms with van der Waals surface area (Å²) in [6.45, 7) is 5.77. The van der Waals surface area contributed by atoms with Gasteiger partial charge < -0.3 is 4.90 Å². The second kappa shape index (κ2) is 3.56. The van der Waals surface area contributed by atoms with Crippen LogP contribution in [0.4, 0.5) is 4.39 Å². The highest BCUT2D eigenvalue weighted by Crippen LogP contribution is 2.47. The van der Waals surface area contributed by atoms with Crippen LogP contribution in [0.3, 0.4) is 0 Å². The number of nitrogens with zero attached hydrogens (tertiary/aromatic N) is 1. The van der Waals surface area contributed by atoms with Gasteiger partial charge in [0.1, 0.15) is 6.17 Å². The predicted octanol–water partition coefficient (Wildman–Crippen LogP) is 2.61. The molecule has 1 spiro atoms. The lowest BCUT2D eigenvalue weighted by Crippen LogP contribution is -2.38. The third kappa shape index (κ3) is 1.88. The molecule has 13 heavy (non-hydrogen) atoms. The maximum atomic E-state index is 13.1. The number of hydrogen-bond donors (Lipinski definition) is 0. The van der Waals surface area contributed by atoms with Crippen LogP contribution in [-0.4, -0.2) is 30.7 Å². The summed E-state index contributed by atoms with van der Waals surface area (Å²) in [5.41, 5.74) is 0.408. The monoisotopic (exact) mass is 185 g/mol. The lowest BCUT2D eigenvalue weighted by atomic mass is 9.77. The molecule has 0 N–H and O–H groups in total. The zero-order chi connectivity index (χ0) is 9.31. The number of likely N-dealkylation sites (tertiary alicyclic amines) is 1. The molecular weight excluding hydrogens is 165 g/mol. The van der Waals surface area contributed by atoms with E-state index in [2.05, 4.69) is 11.8 Å². The van der Waals surface area contributed by atoms with Crippen molar-refractivity contribution in [2.75, 3.05) is 19.6 Å². The van der Waals surface area contributed by atoms with Crippen LogP contribution in [0.25, 0.3) is 0 Å². The molecule has 1 aliphatic heterocycles. The molecule has 2 rings (SSSR count). The number of piperidine rings is 1. The van der Waals surface area contributed by atoms with E-state index in [1.807, 2.05) is 0 Å². The molecule has 0 radical (unpaired) electrons. The second-order valence-corrected chi connectivity index (χ2v) is 4.77. The molecule has 1 nitrogen and oxygen atoms in total. The fourth-order valence-corrected chi connectivity index (χ4v) is 2.93. The van der Waals surface area contributed by atoms with Crippen molar-refractivity contribution in [2.24, 2.45) is 5.41 Å². The van der Waals surface area contributed by atoms with Gasteiger partial charge in [0.05, 0.1) is 0 Å². The first kappa shape index (κ1) is 9.45. The van der Waals surface area contributed by atoms with E-state index in [9.17, 15) is 4.39 Å². The molecule has 1 atom stereocenters. The van der Waals surface area contributed by atoms with Crippen molar-refractivity contribution in [2.45, 2.75) is 45.2 Å². The third-order valence-electron chi connectivity index (χ3n) is 4.01. The Kier molecular flexibility index (Phi) is 2.59. The Hall–Kier alpha value is -0.110. The van der Waals surface area contributed by atoms with E-state index in [1.54, 1.807) is 0 Å². The minimum Gasteiger partial charge on any atom is -0.304 e. The lowest BCUT2D eigenvalue weighted by molar-refractivity contribution is 0.106. The van der Waals surface area contributed by atoms with Crippen LogP contribution in [0.5, 0.6) is 0 Å². The minimum atomic E-state index is -0.492. The van der Waals surface area contributed by atoms with Gasteiger partial charge in [-0.3, -0.25) is 0 Å². The fraction of sp³-hybridized carbons (Fsp3) is 1.00. The van der Waals surface area contributed by atoms with Gasteiger partial charge in [-0.25, -0.2) is 4.39 Å². The topological polar surface area (TPSA) is 3.24 Å². The Balaban J connectivity index is 1.90. The smallest absolute Gasteiger partial charge is 0.101 e. The average Bonchev–Trinajstić information content (AvgIpc) is 2.49. The van der Waals surface area contributed by atoms with Crippen LogP contribution in [0, 0.1) is 5.41 Å². The molecule has 1 unspecified atom stereocenters. The van der Waals surface area contributed by atoms with Crippen LogP contribution in [-0.2, 0) is 0 Å². The van der Waals surface area contributed by atoms with Gasteiger partial charge in [-0.1, -0.05) is 6.92 Å². The summed E-state index contributed by atoms with van der Waals surface area (Å²) in [5, 5.41) is 0. The summed E-state index contributed by atoms with van der Waals surface area (Å²) in [6.07, 6.45) is 4.80. The molecule has 1 saturated carbocycles. The van der Waals surface area contributed by atoms with Crippen molar-refractivity contribution in [1.82, 2.24) is 4.90 Å². The van der Waals surface area contributed by atoms with Crippen molar-refractivity contribution < 1.29 is 4.39 Å². The lowest BCUT2D eigenvalue weighted by Gasteiger charge is -2.38. The van der Waals surface area contributed by atoms with E-state index < -0.39 is 6.17 Å². The number of rotatable bonds is 1. The zero-order valence-electron chi connectivity index (χ0n) is 8.56. The standard InChI is InChI=1S/C11H20FN/c1-2-13-7-5-11(6-8-13)4-3-10(12)9-11/h10H,2-9H2,1H3. The Bertz CT molecular complexity index is 173. The van der Waals surface area contributed by atoms with E-state index in [1.165, 1.54) is 25.9 Å². The summed E-state index contributed by atoms with van der Waals surface area (Å²) >= 11 is 0. The predicted molar refractivity (Wildman–Crippen MR) is 52.5 cm³/mol. The largest absolute Gasteiger partial charge is 0.304 e. The normalized spacial score (nSPS) is 34.2. The van der Waals surface area contributed by atoms with E-state index in [-0.39, 0.29) is 0 Å². The van der Waals surface area contributed by atoms with Gasteiger partial charge in [-0.05, 0) is 57.2 Å². The number of alkyl halides is 1. The highest BCUT2D eigenvalue weighted by molar-refractivity contribution is 4.92. The SMILES string of the molecule is CCN1CCC2(CCC(F)C2)CC1. The van der Waals surface area contributed by atoms with Gasteiger partial charge in [0.25, 0.3) is 0 Å². The highest BCUT2D eigenvalue weighted by atomic mass is 19.1. The van der Waals surface area contributed by atoms with Crippen molar-refractivity contribution in [3.8, 4) is 0 Å². The first-order valence-electron chi connectivity index (χ1n) is 5.60. The number of hydrogen-bond acceptors (Lipinski definition) is 1. The maximum Gasteiger partial charge on any atom is 0.101 e. The molecule has 0 bridgehead atoms. The quantitative estimate of drug-likeness (QED) is 0.607. The van der Waals surface area contributed by atoms with E-state index >= 15 is 0 Å². The van der Waals surface area contributed by atoms with Crippen LogP contribution >= 0.6 is 0 Å². The first-order chi connectivity index (χ1) is 6.24. The molecule has 0 aromatic carbocycles. The fourth-order valence-electron chi connectivity index (χ4n) is 2.93. The molecule has 1 heterocycles. The van der Waals surface area contributed by atoms with Crippen molar-refractivity contribution in [1.29, 1.82) is 0 Å². The minimum absolute atomic E-state index is 0.408. The van der Waals surface area contributed by atoms with Crippen molar-refractivity contribution in [3.05, 3.63) is 0 Å². The molecule has 2 heteroatoms. The molecule has 76 valence electrons. The third-order valence-corrected chi connectivity index (χ3v) is 4.01. The van der Waals surface area contributed by atoms with Crippen LogP contribution in [0.2, 0.25) is 0 Å². The first-order valence-corrected chi connectivity index (χ1v) is 5.60. The molecular formula is C11H20FN. The summed E-state index contributed by atoms with van der Waals surface area (Å²) < 4.78 is 13.1. The molecule has 2 aliphatic rings. The molecule has 0 aromatic heterocycles. The Labute approximate surface area is 80.3 Å². The second-order valence-electron chi connectivity index (χ2n) is 4.77. The highest BCUT2D eigenvalue weighted by Gasteiger charge is 2.40. The average molecular weight is 185 g/mol. The molecule has 2 fully saturated rings. The molecule has 1 aliphatic carbocycles. The molecule has 0 amide bonds. The van der Waals surface area contributed by atoms with Crippen molar-refractivity contribution >= 4 is 0 Å². The Morgan fingerprint density at radius 2 is 2.00 bits per heavy atom. The van der Waals surface area contributed by atoms with Crippen molar-refractivity contribution in [3.63, 3.8) is 0 Å². The summed E-state index contributed by atoms with van der Waals surface area (Å²) in [5.74, 6) is 0. The summed E-state index contributed by atoms with van der Waals surface area (Å²) in [4.78, 5) is 2.48. The van der Waals surface area contributed by atoms with E-state index in [0.717, 1.165) is 25.8 Å². The van der Waals surface area contributed by atoms with Crippen LogP contribution < -0.4 is 0 Å². The van der Waals surface area contributed by atoms with Gasteiger partial charge in [-0.2, -0.15) is 0 Å². The Morgan fingerprint density at radius 3 is 2.46 bits per heavy atom. The summed E-state index contributed by atoms with van der Waals surface area (Å²) in [7, 11) is 0. The molecule has 1 saturated heterocycles. The van der Waals surface area contributed by atoms with Gasteiger partial charge in [0, 0.05) is 0 Å². The van der Waals surface area contributed by atoms with Gasteiger partial charge in [0.2, 0.25) is 0 Å². The van der Waals surface area contributed by atoms with Crippen LogP contribution in [0.1, 0.15) is 39.0 Å². The zero-order valence-corrected chi connectivity index (χ0v) is 8.56. The van der Waals surface area contributed by atoms with Gasteiger partial charge in [0.15, 0.2) is 0 Å².